The van der Waals surface area contributed by atoms with Crippen molar-refractivity contribution in [1.29, 1.82) is 0 Å². The van der Waals surface area contributed by atoms with Crippen LogP contribution >= 0.6 is 0 Å². The number of esters is 1. The van der Waals surface area contributed by atoms with Crippen LogP contribution in [0.25, 0.3) is 0 Å². The molecule has 0 aliphatic heterocycles. The summed E-state index contributed by atoms with van der Waals surface area (Å²) in [6.07, 6.45) is 10.1. The fourth-order valence-electron chi connectivity index (χ4n) is 9.41. The highest BCUT2D eigenvalue weighted by molar-refractivity contribution is 5.94. The second-order valence-corrected chi connectivity index (χ2v) is 14.4. The number of aliphatic hydroxyl groups excluding tert-OH is 1. The van der Waals surface area contributed by atoms with Crippen molar-refractivity contribution < 1.29 is 19.4 Å². The Hall–Kier alpha value is -2.44. The Morgan fingerprint density at radius 2 is 1.76 bits per heavy atom. The number of nitrogens with one attached hydrogen (secondary N) is 1. The zero-order chi connectivity index (χ0) is 29.7. The molecule has 2 saturated carbocycles. The minimum atomic E-state index is -0.421. The highest BCUT2D eigenvalue weighted by Gasteiger charge is 2.64. The first-order chi connectivity index (χ1) is 19.3. The molecule has 6 nitrogen and oxygen atoms in total. The van der Waals surface area contributed by atoms with Gasteiger partial charge in [0.1, 0.15) is 0 Å². The number of carbonyl (C=O) groups is 2. The zero-order valence-corrected chi connectivity index (χ0v) is 26.1. The second kappa shape index (κ2) is 11.0. The summed E-state index contributed by atoms with van der Waals surface area (Å²) in [6, 6.07) is 9.55. The van der Waals surface area contributed by atoms with Crippen molar-refractivity contribution in [3.05, 3.63) is 59.2 Å². The molecular formula is C35H50N2O4. The monoisotopic (exact) mass is 562 g/mol. The third-order valence-corrected chi connectivity index (χ3v) is 12.1. The van der Waals surface area contributed by atoms with Crippen molar-refractivity contribution in [2.45, 2.75) is 91.3 Å². The Labute approximate surface area is 246 Å². The van der Waals surface area contributed by atoms with Gasteiger partial charge >= 0.3 is 5.97 Å². The number of ether oxygens (including phenoxy) is 1. The fraction of sp³-hybridized carbons (Fsp3) is 0.657. The number of fused-ring (bicyclic) bond motifs is 4. The number of hydrogen-bond acceptors (Lipinski definition) is 5. The van der Waals surface area contributed by atoms with E-state index in [0.717, 1.165) is 38.5 Å². The van der Waals surface area contributed by atoms with Gasteiger partial charge in [0, 0.05) is 35.9 Å². The number of rotatable bonds is 6. The lowest BCUT2D eigenvalue weighted by Gasteiger charge is -2.53. The van der Waals surface area contributed by atoms with E-state index in [0.29, 0.717) is 17.5 Å². The smallest absolute Gasteiger partial charge is 0.302 e. The molecule has 41 heavy (non-hydrogen) atoms. The minimum Gasteiger partial charge on any atom is -0.465 e. The third-order valence-electron chi connectivity index (χ3n) is 12.1. The molecule has 2 fully saturated rings. The molecule has 2 N–H and O–H groups in total. The molecule has 0 radical (unpaired) electrons. The quantitative estimate of drug-likeness (QED) is 0.430. The molecule has 224 valence electrons. The predicted octanol–water partition coefficient (Wildman–Crippen LogP) is 5.77. The van der Waals surface area contributed by atoms with E-state index in [1.807, 2.05) is 30.3 Å². The maximum atomic E-state index is 13.3. The molecule has 0 spiro atoms. The van der Waals surface area contributed by atoms with Gasteiger partial charge in [-0.15, -0.1) is 0 Å². The summed E-state index contributed by atoms with van der Waals surface area (Å²) in [5.41, 5.74) is 3.07. The van der Waals surface area contributed by atoms with Crippen LogP contribution in [0.15, 0.2) is 53.6 Å². The number of nitrogens with zero attached hydrogens (tertiary/aromatic N) is 1. The van der Waals surface area contributed by atoms with Gasteiger partial charge in [-0.05, 0) is 99.9 Å². The maximum Gasteiger partial charge on any atom is 0.302 e. The number of carbonyl (C=O) groups excluding carboxylic acids is 2. The molecule has 4 aliphatic rings. The standard InChI is InChI=1S/C35H50N2O4/c1-22(37(6)7)31-29(39)20-35(5)28-15-14-27-25(19-26(28)17-18-34(31,35)4)13-16-30(33(27,3)21-41-23(2)38)36-32(40)24-11-9-8-10-12-24/h8-12,17,19,22,27-31,39H,13-16,18,20-21H2,1-7H3,(H,36,40)/t22-,27+,28-,29+,30-,31-,33+,34+,35-/m0/s1. The Kier molecular flexibility index (Phi) is 8.06. The molecule has 0 unspecified atom stereocenters. The van der Waals surface area contributed by atoms with Crippen LogP contribution in [0.2, 0.25) is 0 Å². The first-order valence-corrected chi connectivity index (χ1v) is 15.6. The largest absolute Gasteiger partial charge is 0.465 e. The summed E-state index contributed by atoms with van der Waals surface area (Å²) in [4.78, 5) is 27.5. The molecule has 6 heteroatoms. The molecular weight excluding hydrogens is 512 g/mol. The molecule has 0 heterocycles. The van der Waals surface area contributed by atoms with Gasteiger partial charge in [0.2, 0.25) is 0 Å². The topological polar surface area (TPSA) is 78.9 Å². The first-order valence-electron chi connectivity index (χ1n) is 15.6. The lowest BCUT2D eigenvalue weighted by molar-refractivity contribution is -0.146. The van der Waals surface area contributed by atoms with Crippen LogP contribution in [0.4, 0.5) is 0 Å². The predicted molar refractivity (Wildman–Crippen MR) is 162 cm³/mol. The van der Waals surface area contributed by atoms with Gasteiger partial charge < -0.3 is 20.1 Å². The molecule has 9 atom stereocenters. The molecule has 0 aromatic heterocycles. The first kappa shape index (κ1) is 30.0. The van der Waals surface area contributed by atoms with Crippen molar-refractivity contribution in [2.75, 3.05) is 20.7 Å². The summed E-state index contributed by atoms with van der Waals surface area (Å²) >= 11 is 0. The normalized spacial score (nSPS) is 38.9. The van der Waals surface area contributed by atoms with Gasteiger partial charge in [-0.1, -0.05) is 56.7 Å². The number of allylic oxidation sites excluding steroid dienone is 4. The van der Waals surface area contributed by atoms with Gasteiger partial charge in [-0.25, -0.2) is 0 Å². The third kappa shape index (κ3) is 4.99. The number of aliphatic hydroxyl groups is 1. The van der Waals surface area contributed by atoms with E-state index in [2.05, 4.69) is 64.2 Å². The summed E-state index contributed by atoms with van der Waals surface area (Å²) in [5, 5.41) is 14.8. The summed E-state index contributed by atoms with van der Waals surface area (Å²) in [7, 11) is 4.25. The van der Waals surface area contributed by atoms with E-state index in [9.17, 15) is 14.7 Å². The van der Waals surface area contributed by atoms with E-state index in [1.165, 1.54) is 18.1 Å². The maximum absolute atomic E-state index is 13.3. The lowest BCUT2D eigenvalue weighted by atomic mass is 9.51. The molecule has 1 aromatic rings. The Morgan fingerprint density at radius 3 is 2.41 bits per heavy atom. The highest BCUT2D eigenvalue weighted by Crippen LogP contribution is 2.68. The minimum absolute atomic E-state index is 0.00548. The van der Waals surface area contributed by atoms with Crippen LogP contribution in [-0.2, 0) is 9.53 Å². The summed E-state index contributed by atoms with van der Waals surface area (Å²) < 4.78 is 5.72. The molecule has 1 aromatic carbocycles. The Morgan fingerprint density at radius 1 is 1.07 bits per heavy atom. The van der Waals surface area contributed by atoms with E-state index in [-0.39, 0.29) is 53.3 Å². The van der Waals surface area contributed by atoms with Crippen molar-refractivity contribution in [1.82, 2.24) is 10.2 Å². The average Bonchev–Trinajstić information content (AvgIpc) is 3.04. The number of hydrogen-bond donors (Lipinski definition) is 2. The van der Waals surface area contributed by atoms with Crippen LogP contribution < -0.4 is 5.32 Å². The average molecular weight is 563 g/mol. The SMILES string of the molecule is CC(=O)OC[C@@]1(C)[C@@H](NC(=O)c2ccccc2)CCC2=CC3=CC[C@]4(C)[C@@H]([C@H](C)N(C)C)[C@H](O)C[C@@]4(C)[C@H]3CC[C@H]21. The van der Waals surface area contributed by atoms with E-state index in [1.54, 1.807) is 0 Å². The van der Waals surface area contributed by atoms with Crippen LogP contribution in [0.5, 0.6) is 0 Å². The summed E-state index contributed by atoms with van der Waals surface area (Å²) in [6.45, 7) is 11.1. The van der Waals surface area contributed by atoms with Crippen LogP contribution in [0, 0.1) is 34.0 Å². The van der Waals surface area contributed by atoms with E-state index >= 15 is 0 Å². The van der Waals surface area contributed by atoms with Gasteiger partial charge in [0.05, 0.1) is 12.7 Å². The molecule has 5 rings (SSSR count). The zero-order valence-electron chi connectivity index (χ0n) is 26.1. The van der Waals surface area contributed by atoms with Gasteiger partial charge in [-0.2, -0.15) is 0 Å². The lowest BCUT2D eigenvalue weighted by Crippen LogP contribution is -2.55. The van der Waals surface area contributed by atoms with Crippen molar-refractivity contribution in [3.63, 3.8) is 0 Å². The van der Waals surface area contributed by atoms with Crippen LogP contribution in [0.3, 0.4) is 0 Å². The van der Waals surface area contributed by atoms with Gasteiger partial charge in [0.15, 0.2) is 0 Å². The summed E-state index contributed by atoms with van der Waals surface area (Å²) in [5.74, 6) is 0.408. The fourth-order valence-corrected chi connectivity index (χ4v) is 9.41. The van der Waals surface area contributed by atoms with Crippen molar-refractivity contribution in [2.24, 2.45) is 34.0 Å². The molecule has 1 amide bonds. The Balaban J connectivity index is 1.46. The molecule has 0 saturated heterocycles. The van der Waals surface area contributed by atoms with Crippen LogP contribution in [-0.4, -0.2) is 60.8 Å². The molecule has 0 bridgehead atoms. The molecule has 4 aliphatic carbocycles. The van der Waals surface area contributed by atoms with Crippen molar-refractivity contribution in [3.8, 4) is 0 Å². The number of amides is 1. The highest BCUT2D eigenvalue weighted by atomic mass is 16.5. The van der Waals surface area contributed by atoms with E-state index < -0.39 is 5.41 Å². The Bertz CT molecular complexity index is 1220. The number of benzene rings is 1. The van der Waals surface area contributed by atoms with Gasteiger partial charge in [-0.3, -0.25) is 9.59 Å². The van der Waals surface area contributed by atoms with Crippen molar-refractivity contribution >= 4 is 11.9 Å². The second-order valence-electron chi connectivity index (χ2n) is 14.4. The van der Waals surface area contributed by atoms with E-state index in [4.69, 9.17) is 4.74 Å². The van der Waals surface area contributed by atoms with Crippen LogP contribution in [0.1, 0.15) is 83.5 Å². The van der Waals surface area contributed by atoms with Gasteiger partial charge in [0.25, 0.3) is 5.91 Å².